The van der Waals surface area contributed by atoms with E-state index in [1.807, 2.05) is 0 Å². The number of nitrogens with one attached hydrogen (secondary N) is 1. The SMILES string of the molecule is O=C(Nc1cc(Cl)ccc1Oc1ccc(Cl)cc1)C1CCCO1. The van der Waals surface area contributed by atoms with E-state index < -0.39 is 6.10 Å². The molecular weight excluding hydrogens is 337 g/mol. The molecule has 1 heterocycles. The summed E-state index contributed by atoms with van der Waals surface area (Å²) < 4.78 is 11.2. The van der Waals surface area contributed by atoms with Crippen LogP contribution in [0.2, 0.25) is 10.0 Å². The van der Waals surface area contributed by atoms with E-state index >= 15 is 0 Å². The summed E-state index contributed by atoms with van der Waals surface area (Å²) >= 11 is 11.9. The van der Waals surface area contributed by atoms with Gasteiger partial charge < -0.3 is 14.8 Å². The number of amides is 1. The van der Waals surface area contributed by atoms with Gasteiger partial charge in [-0.15, -0.1) is 0 Å². The van der Waals surface area contributed by atoms with Crippen LogP contribution in [0.3, 0.4) is 0 Å². The highest BCUT2D eigenvalue weighted by molar-refractivity contribution is 6.31. The number of carbonyl (C=O) groups is 1. The molecule has 1 amide bonds. The highest BCUT2D eigenvalue weighted by Gasteiger charge is 2.24. The molecule has 1 N–H and O–H groups in total. The van der Waals surface area contributed by atoms with Crippen molar-refractivity contribution >= 4 is 34.8 Å². The first kappa shape index (κ1) is 16.1. The van der Waals surface area contributed by atoms with Crippen LogP contribution in [0.4, 0.5) is 5.69 Å². The van der Waals surface area contributed by atoms with Crippen LogP contribution >= 0.6 is 23.2 Å². The Kier molecular flexibility index (Phi) is 5.06. The molecule has 1 saturated heterocycles. The van der Waals surface area contributed by atoms with E-state index in [0.717, 1.165) is 12.8 Å². The van der Waals surface area contributed by atoms with Crippen LogP contribution < -0.4 is 10.1 Å². The van der Waals surface area contributed by atoms with E-state index in [9.17, 15) is 4.79 Å². The molecule has 1 unspecified atom stereocenters. The predicted octanol–water partition coefficient (Wildman–Crippen LogP) is 4.90. The van der Waals surface area contributed by atoms with Gasteiger partial charge >= 0.3 is 0 Å². The molecule has 23 heavy (non-hydrogen) atoms. The Morgan fingerprint density at radius 3 is 2.57 bits per heavy atom. The van der Waals surface area contributed by atoms with Gasteiger partial charge in [-0.25, -0.2) is 0 Å². The lowest BCUT2D eigenvalue weighted by molar-refractivity contribution is -0.124. The molecule has 6 heteroatoms. The lowest BCUT2D eigenvalue weighted by atomic mass is 10.2. The molecule has 3 rings (SSSR count). The largest absolute Gasteiger partial charge is 0.455 e. The molecule has 120 valence electrons. The van der Waals surface area contributed by atoms with Crippen LogP contribution in [0.15, 0.2) is 42.5 Å². The van der Waals surface area contributed by atoms with Gasteiger partial charge in [0.1, 0.15) is 11.9 Å². The normalized spacial score (nSPS) is 17.0. The van der Waals surface area contributed by atoms with Crippen molar-refractivity contribution in [1.82, 2.24) is 0 Å². The quantitative estimate of drug-likeness (QED) is 0.851. The lowest BCUT2D eigenvalue weighted by Crippen LogP contribution is -2.27. The van der Waals surface area contributed by atoms with E-state index in [1.165, 1.54) is 0 Å². The van der Waals surface area contributed by atoms with E-state index in [1.54, 1.807) is 42.5 Å². The average Bonchev–Trinajstić information content (AvgIpc) is 3.06. The van der Waals surface area contributed by atoms with Crippen molar-refractivity contribution < 1.29 is 14.3 Å². The Bertz CT molecular complexity index is 697. The van der Waals surface area contributed by atoms with Gasteiger partial charge in [-0.05, 0) is 55.3 Å². The number of carbonyl (C=O) groups excluding carboxylic acids is 1. The van der Waals surface area contributed by atoms with Crippen molar-refractivity contribution in [3.63, 3.8) is 0 Å². The number of hydrogen-bond donors (Lipinski definition) is 1. The van der Waals surface area contributed by atoms with E-state index in [0.29, 0.717) is 33.8 Å². The van der Waals surface area contributed by atoms with Gasteiger partial charge in [-0.1, -0.05) is 23.2 Å². The maximum absolute atomic E-state index is 12.2. The van der Waals surface area contributed by atoms with E-state index in [2.05, 4.69) is 5.32 Å². The maximum Gasteiger partial charge on any atom is 0.253 e. The van der Waals surface area contributed by atoms with Crippen molar-refractivity contribution in [2.45, 2.75) is 18.9 Å². The van der Waals surface area contributed by atoms with Gasteiger partial charge in [0.05, 0.1) is 5.69 Å². The van der Waals surface area contributed by atoms with Crippen LogP contribution in [-0.4, -0.2) is 18.6 Å². The molecule has 0 spiro atoms. The van der Waals surface area contributed by atoms with Gasteiger partial charge in [0, 0.05) is 16.7 Å². The molecule has 0 bridgehead atoms. The lowest BCUT2D eigenvalue weighted by Gasteiger charge is -2.15. The highest BCUT2D eigenvalue weighted by atomic mass is 35.5. The Morgan fingerprint density at radius 2 is 1.87 bits per heavy atom. The van der Waals surface area contributed by atoms with E-state index in [-0.39, 0.29) is 5.91 Å². The van der Waals surface area contributed by atoms with Crippen LogP contribution in [0.1, 0.15) is 12.8 Å². The van der Waals surface area contributed by atoms with Crippen LogP contribution in [0.5, 0.6) is 11.5 Å². The van der Waals surface area contributed by atoms with Crippen molar-refractivity contribution in [3.05, 3.63) is 52.5 Å². The highest BCUT2D eigenvalue weighted by Crippen LogP contribution is 2.33. The number of anilines is 1. The summed E-state index contributed by atoms with van der Waals surface area (Å²) in [5, 5.41) is 3.96. The average molecular weight is 352 g/mol. The first-order valence-corrected chi connectivity index (χ1v) is 8.03. The van der Waals surface area contributed by atoms with Gasteiger partial charge in [0.2, 0.25) is 0 Å². The molecule has 0 aromatic heterocycles. The number of benzene rings is 2. The first-order chi connectivity index (χ1) is 11.1. The molecule has 1 aliphatic heterocycles. The van der Waals surface area contributed by atoms with Crippen LogP contribution in [-0.2, 0) is 9.53 Å². The number of rotatable bonds is 4. The Hall–Kier alpha value is -1.75. The molecule has 1 aliphatic rings. The second-order valence-corrected chi connectivity index (χ2v) is 6.06. The Balaban J connectivity index is 1.79. The van der Waals surface area contributed by atoms with Gasteiger partial charge in [0.25, 0.3) is 5.91 Å². The topological polar surface area (TPSA) is 47.6 Å². The molecule has 0 radical (unpaired) electrons. The van der Waals surface area contributed by atoms with Gasteiger partial charge in [0.15, 0.2) is 5.75 Å². The molecule has 1 atom stereocenters. The fraction of sp³-hybridized carbons (Fsp3) is 0.235. The molecule has 0 saturated carbocycles. The fourth-order valence-corrected chi connectivity index (χ4v) is 2.61. The number of ether oxygens (including phenoxy) is 2. The second kappa shape index (κ2) is 7.21. The maximum atomic E-state index is 12.2. The van der Waals surface area contributed by atoms with Crippen molar-refractivity contribution in [3.8, 4) is 11.5 Å². The zero-order valence-corrected chi connectivity index (χ0v) is 13.7. The summed E-state index contributed by atoms with van der Waals surface area (Å²) in [6, 6.07) is 12.0. The number of hydrogen-bond acceptors (Lipinski definition) is 3. The summed E-state index contributed by atoms with van der Waals surface area (Å²) in [5.41, 5.74) is 0.507. The van der Waals surface area contributed by atoms with E-state index in [4.69, 9.17) is 32.7 Å². The zero-order chi connectivity index (χ0) is 16.2. The summed E-state index contributed by atoms with van der Waals surface area (Å²) in [4.78, 5) is 12.2. The van der Waals surface area contributed by atoms with Crippen molar-refractivity contribution in [2.24, 2.45) is 0 Å². The van der Waals surface area contributed by atoms with Gasteiger partial charge in [-0.3, -0.25) is 4.79 Å². The monoisotopic (exact) mass is 351 g/mol. The molecule has 0 aliphatic carbocycles. The molecular formula is C17H15Cl2NO3. The third-order valence-corrected chi connectivity index (χ3v) is 3.95. The summed E-state index contributed by atoms with van der Waals surface area (Å²) in [6.07, 6.45) is 1.19. The predicted molar refractivity (Wildman–Crippen MR) is 90.6 cm³/mol. The second-order valence-electron chi connectivity index (χ2n) is 5.19. The molecule has 2 aromatic carbocycles. The van der Waals surface area contributed by atoms with Gasteiger partial charge in [-0.2, -0.15) is 0 Å². The van der Waals surface area contributed by atoms with Crippen LogP contribution in [0.25, 0.3) is 0 Å². The third kappa shape index (κ3) is 4.16. The minimum Gasteiger partial charge on any atom is -0.455 e. The Morgan fingerprint density at radius 1 is 1.13 bits per heavy atom. The summed E-state index contributed by atoms with van der Waals surface area (Å²) in [5.74, 6) is 0.929. The summed E-state index contributed by atoms with van der Waals surface area (Å²) in [6.45, 7) is 0.613. The third-order valence-electron chi connectivity index (χ3n) is 3.46. The standard InChI is InChI=1S/C17H15Cl2NO3/c18-11-3-6-13(7-4-11)23-15-8-5-12(19)10-14(15)20-17(21)16-2-1-9-22-16/h3-8,10,16H,1-2,9H2,(H,20,21). The minimum absolute atomic E-state index is 0.189. The van der Waals surface area contributed by atoms with Crippen molar-refractivity contribution in [2.75, 3.05) is 11.9 Å². The summed E-state index contributed by atoms with van der Waals surface area (Å²) in [7, 11) is 0. The van der Waals surface area contributed by atoms with Crippen molar-refractivity contribution in [1.29, 1.82) is 0 Å². The Labute approximate surface area is 144 Å². The van der Waals surface area contributed by atoms with Crippen LogP contribution in [0, 0.1) is 0 Å². The minimum atomic E-state index is -0.419. The smallest absolute Gasteiger partial charge is 0.253 e. The first-order valence-electron chi connectivity index (χ1n) is 7.27. The number of halogens is 2. The fourth-order valence-electron chi connectivity index (χ4n) is 2.32. The molecule has 4 nitrogen and oxygen atoms in total. The molecule has 2 aromatic rings. The zero-order valence-electron chi connectivity index (χ0n) is 12.2. The molecule has 1 fully saturated rings.